The Kier molecular flexibility index (Phi) is 47.7. The smallest absolute Gasteiger partial charge is 0.491 e. The molecule has 0 bridgehead atoms. The monoisotopic (exact) mass is 968 g/mol. The van der Waals surface area contributed by atoms with Gasteiger partial charge in [0.15, 0.2) is 0 Å². The van der Waals surface area contributed by atoms with Gasteiger partial charge in [-0.05, 0) is 36.4 Å². The molecule has 3 aliphatic rings. The first kappa shape index (κ1) is 55.7. The van der Waals surface area contributed by atoms with Crippen molar-refractivity contribution in [2.75, 3.05) is 39.6 Å². The van der Waals surface area contributed by atoms with E-state index in [9.17, 15) is 0 Å². The van der Waals surface area contributed by atoms with E-state index in [2.05, 4.69) is 0 Å². The van der Waals surface area contributed by atoms with Crippen molar-refractivity contribution in [3.8, 4) is 17.2 Å². The van der Waals surface area contributed by atoms with Crippen LogP contribution in [0.2, 0.25) is 0 Å². The Bertz CT molecular complexity index is 786. The summed E-state index contributed by atoms with van der Waals surface area (Å²) in [5.74, 6) is 2.76. The molecule has 0 amide bonds. The molecular weight excluding hydrogens is 908 g/mol. The molecule has 3 unspecified atom stereocenters. The molecule has 0 aliphatic carbocycles. The molecule has 3 fully saturated rings. The van der Waals surface area contributed by atoms with Crippen molar-refractivity contribution in [3.05, 3.63) is 121 Å². The molecule has 256 valence electrons. The second-order valence-corrected chi connectivity index (χ2v) is 7.74. The third kappa shape index (κ3) is 32.1. The van der Waals surface area contributed by atoms with Gasteiger partial charge in [0, 0.05) is 0 Å². The van der Waals surface area contributed by atoms with Gasteiger partial charge in [-0.2, -0.15) is 0 Å². The second kappa shape index (κ2) is 38.5. The zero-order chi connectivity index (χ0) is 28.6. The Labute approximate surface area is 306 Å². The number of hydrogen-bond acceptors (Lipinski definition) is 6. The topological polar surface area (TPSA) is 65.3 Å². The first-order valence-electron chi connectivity index (χ1n) is 14.2. The van der Waals surface area contributed by atoms with Gasteiger partial charge in [0.25, 0.3) is 0 Å². The molecule has 0 spiro atoms. The molecule has 0 aromatic heterocycles. The van der Waals surface area contributed by atoms with E-state index in [-0.39, 0.29) is 71.8 Å². The predicted molar refractivity (Wildman–Crippen MR) is 185 cm³/mol. The molecule has 3 atom stereocenters. The fraction of sp³-hybridized carbons (Fsp3) is 0.405. The SMILES string of the molecule is CC.CC.CC.[CH3-].[CH3-].[CH3-].[CH3-].[W+2].[W+2].c1ccc(OCC2CO2)cc1.c1ccc(OCC2CO2)cc1.c1ccc(OCC2CO2)cc1. The third-order valence-corrected chi connectivity index (χ3v) is 4.74. The Morgan fingerprint density at radius 2 is 0.600 bits per heavy atom. The van der Waals surface area contributed by atoms with Gasteiger partial charge in [0.05, 0.1) is 19.8 Å². The van der Waals surface area contributed by atoms with Gasteiger partial charge in [-0.1, -0.05) is 96.1 Å². The molecule has 6 nitrogen and oxygen atoms in total. The largest absolute Gasteiger partial charge is 2.00 e. The van der Waals surface area contributed by atoms with Gasteiger partial charge in [-0.3, -0.25) is 0 Å². The number of ether oxygens (including phenoxy) is 6. The molecule has 45 heavy (non-hydrogen) atoms. The van der Waals surface area contributed by atoms with Gasteiger partial charge in [-0.25, -0.2) is 0 Å². The minimum Gasteiger partial charge on any atom is -0.491 e. The molecule has 0 saturated carbocycles. The van der Waals surface area contributed by atoms with E-state index < -0.39 is 0 Å². The van der Waals surface area contributed by atoms with Crippen LogP contribution in [0.4, 0.5) is 0 Å². The summed E-state index contributed by atoms with van der Waals surface area (Å²) in [5, 5.41) is 0. The molecule has 0 N–H and O–H groups in total. The first-order valence-corrected chi connectivity index (χ1v) is 14.2. The Balaban J connectivity index is -0.000000110. The number of epoxide rings is 3. The van der Waals surface area contributed by atoms with Crippen LogP contribution in [0.3, 0.4) is 0 Å². The van der Waals surface area contributed by atoms with Gasteiger partial charge in [-0.15, -0.1) is 0 Å². The molecule has 6 rings (SSSR count). The van der Waals surface area contributed by atoms with Crippen molar-refractivity contribution in [2.24, 2.45) is 0 Å². The van der Waals surface area contributed by atoms with Crippen molar-refractivity contribution < 1.29 is 70.6 Å². The zero-order valence-electron chi connectivity index (χ0n) is 29.4. The maximum atomic E-state index is 5.40. The van der Waals surface area contributed by atoms with E-state index in [1.165, 1.54) is 0 Å². The van der Waals surface area contributed by atoms with Gasteiger partial charge in [0.2, 0.25) is 0 Å². The van der Waals surface area contributed by atoms with Crippen LogP contribution >= 0.6 is 0 Å². The van der Waals surface area contributed by atoms with Crippen molar-refractivity contribution >= 4 is 0 Å². The quantitative estimate of drug-likeness (QED) is 0.158. The van der Waals surface area contributed by atoms with E-state index in [4.69, 9.17) is 28.4 Å². The minimum atomic E-state index is 0. The molecule has 3 saturated heterocycles. The molecule has 3 heterocycles. The van der Waals surface area contributed by atoms with Crippen molar-refractivity contribution in [2.45, 2.75) is 59.9 Å². The van der Waals surface area contributed by atoms with Crippen molar-refractivity contribution in [3.63, 3.8) is 0 Å². The van der Waals surface area contributed by atoms with Crippen LogP contribution in [-0.2, 0) is 56.3 Å². The summed E-state index contributed by atoms with van der Waals surface area (Å²) < 4.78 is 31.2. The first-order chi connectivity index (χ1) is 19.3. The molecule has 0 radical (unpaired) electrons. The maximum absolute atomic E-state index is 5.40. The van der Waals surface area contributed by atoms with Crippen LogP contribution < -0.4 is 14.2 Å². The molecule has 3 aromatic carbocycles. The predicted octanol–water partition coefficient (Wildman–Crippen LogP) is 9.27. The molecule has 3 aromatic rings. The summed E-state index contributed by atoms with van der Waals surface area (Å²) in [7, 11) is 0. The van der Waals surface area contributed by atoms with Gasteiger partial charge < -0.3 is 58.1 Å². The second-order valence-electron chi connectivity index (χ2n) is 7.74. The summed E-state index contributed by atoms with van der Waals surface area (Å²) in [5.41, 5.74) is 0. The van der Waals surface area contributed by atoms with Crippen molar-refractivity contribution in [1.29, 1.82) is 0 Å². The number of hydrogen-bond donors (Lipinski definition) is 0. The van der Waals surface area contributed by atoms with Gasteiger partial charge in [0.1, 0.15) is 55.4 Å². The third-order valence-electron chi connectivity index (χ3n) is 4.74. The molecular formula is C37H60O6W2. The molecule has 3 aliphatic heterocycles. The van der Waals surface area contributed by atoms with Crippen molar-refractivity contribution in [1.82, 2.24) is 0 Å². The standard InChI is InChI=1S/3C9H10O2.3C2H6.4CH3.2W/c3*1-2-4-8(5-3-1)10-6-9-7-11-9;3*1-2;;;;;;/h3*1-5,9H,6-7H2;3*1-2H3;4*1H3;;/q;;;;;;4*-1;2*+2. The summed E-state index contributed by atoms with van der Waals surface area (Å²) >= 11 is 0. The summed E-state index contributed by atoms with van der Waals surface area (Å²) in [4.78, 5) is 0. The van der Waals surface area contributed by atoms with Crippen LogP contribution in [0.1, 0.15) is 41.5 Å². The normalized spacial score (nSPS) is 16.0. The van der Waals surface area contributed by atoms with Crippen LogP contribution in [0.15, 0.2) is 91.0 Å². The fourth-order valence-electron chi connectivity index (χ4n) is 2.61. The van der Waals surface area contributed by atoms with Gasteiger partial charge >= 0.3 is 42.1 Å². The van der Waals surface area contributed by atoms with E-state index >= 15 is 0 Å². The Morgan fingerprint density at radius 1 is 0.422 bits per heavy atom. The van der Waals surface area contributed by atoms with Crippen LogP contribution in [0, 0.1) is 29.7 Å². The summed E-state index contributed by atoms with van der Waals surface area (Å²) in [6, 6.07) is 29.4. The number of benzene rings is 3. The molecule has 8 heteroatoms. The Morgan fingerprint density at radius 3 is 0.756 bits per heavy atom. The summed E-state index contributed by atoms with van der Waals surface area (Å²) in [6.45, 7) is 16.6. The van der Waals surface area contributed by atoms with E-state index in [1.54, 1.807) is 0 Å². The average molecular weight is 969 g/mol. The van der Waals surface area contributed by atoms with Crippen LogP contribution in [0.25, 0.3) is 0 Å². The number of rotatable bonds is 9. The summed E-state index contributed by atoms with van der Waals surface area (Å²) in [6.07, 6.45) is 1.03. The Hall–Kier alpha value is -1.68. The van der Waals surface area contributed by atoms with Crippen LogP contribution in [-0.4, -0.2) is 58.0 Å². The fourth-order valence-corrected chi connectivity index (χ4v) is 2.61. The minimum absolute atomic E-state index is 0. The van der Waals surface area contributed by atoms with E-state index in [0.29, 0.717) is 38.1 Å². The maximum Gasteiger partial charge on any atom is 2.00 e. The number of para-hydroxylation sites is 3. The van der Waals surface area contributed by atoms with E-state index in [1.807, 2.05) is 133 Å². The zero-order valence-corrected chi connectivity index (χ0v) is 35.3. The van der Waals surface area contributed by atoms with Crippen LogP contribution in [0.5, 0.6) is 17.2 Å². The van der Waals surface area contributed by atoms with E-state index in [0.717, 1.165) is 37.1 Å². The average Bonchev–Trinajstić information content (AvgIpc) is 3.88.